The van der Waals surface area contributed by atoms with E-state index in [4.69, 9.17) is 10.5 Å². The minimum atomic E-state index is 0.261. The monoisotopic (exact) mass is 242 g/mol. The van der Waals surface area contributed by atoms with Crippen molar-refractivity contribution >= 4 is 5.91 Å². The lowest BCUT2D eigenvalue weighted by Crippen LogP contribution is -2.40. The first-order valence-corrected chi connectivity index (χ1v) is 6.80. The van der Waals surface area contributed by atoms with E-state index in [2.05, 4.69) is 6.92 Å². The molecule has 0 heterocycles. The summed E-state index contributed by atoms with van der Waals surface area (Å²) in [5.74, 6) is 0.786. The average Bonchev–Trinajstić information content (AvgIpc) is 2.26. The second-order valence-corrected chi connectivity index (χ2v) is 4.79. The summed E-state index contributed by atoms with van der Waals surface area (Å²) in [4.78, 5) is 13.9. The minimum absolute atomic E-state index is 0.261. The van der Waals surface area contributed by atoms with Crippen LogP contribution in [0.5, 0.6) is 0 Å². The Bertz CT molecular complexity index is 221. The molecule has 0 atom stereocenters. The molecule has 0 saturated heterocycles. The third-order valence-corrected chi connectivity index (χ3v) is 3.30. The van der Waals surface area contributed by atoms with Crippen LogP contribution in [-0.4, -0.2) is 43.2 Å². The molecule has 0 spiro atoms. The van der Waals surface area contributed by atoms with Gasteiger partial charge in [0.15, 0.2) is 0 Å². The molecule has 1 aliphatic carbocycles. The Hall–Kier alpha value is -0.610. The molecule has 100 valence electrons. The van der Waals surface area contributed by atoms with Crippen LogP contribution in [-0.2, 0) is 9.53 Å². The molecule has 0 bridgehead atoms. The number of ether oxygens (including phenoxy) is 1. The van der Waals surface area contributed by atoms with Crippen LogP contribution in [0.2, 0.25) is 0 Å². The first-order valence-electron chi connectivity index (χ1n) is 6.80. The summed E-state index contributed by atoms with van der Waals surface area (Å²) < 4.78 is 5.50. The van der Waals surface area contributed by atoms with Gasteiger partial charge < -0.3 is 15.4 Å². The molecule has 0 aromatic rings. The van der Waals surface area contributed by atoms with Crippen molar-refractivity contribution < 1.29 is 9.53 Å². The molecule has 17 heavy (non-hydrogen) atoms. The van der Waals surface area contributed by atoms with Gasteiger partial charge in [-0.2, -0.15) is 0 Å². The molecule has 0 unspecified atom stereocenters. The molecule has 0 aliphatic heterocycles. The van der Waals surface area contributed by atoms with E-state index in [0.29, 0.717) is 31.5 Å². The van der Waals surface area contributed by atoms with E-state index in [-0.39, 0.29) is 5.91 Å². The summed E-state index contributed by atoms with van der Waals surface area (Å²) in [5, 5.41) is 0. The van der Waals surface area contributed by atoms with Gasteiger partial charge in [0.05, 0.1) is 6.10 Å². The Morgan fingerprint density at radius 3 is 2.59 bits per heavy atom. The van der Waals surface area contributed by atoms with Gasteiger partial charge in [-0.3, -0.25) is 4.79 Å². The zero-order valence-electron chi connectivity index (χ0n) is 11.2. The van der Waals surface area contributed by atoms with E-state index in [9.17, 15) is 4.79 Å². The number of carbonyl (C=O) groups excluding carboxylic acids is 1. The zero-order chi connectivity index (χ0) is 12.7. The van der Waals surface area contributed by atoms with Crippen LogP contribution in [0.1, 0.15) is 39.5 Å². The zero-order valence-corrected chi connectivity index (χ0v) is 11.2. The van der Waals surface area contributed by atoms with E-state index in [1.54, 1.807) is 0 Å². The topological polar surface area (TPSA) is 55.6 Å². The highest BCUT2D eigenvalue weighted by atomic mass is 16.5. The Labute approximate surface area is 104 Å². The summed E-state index contributed by atoms with van der Waals surface area (Å²) >= 11 is 0. The van der Waals surface area contributed by atoms with Crippen molar-refractivity contribution in [1.82, 2.24) is 4.90 Å². The lowest BCUT2D eigenvalue weighted by Gasteiger charge is -2.35. The van der Waals surface area contributed by atoms with Crippen LogP contribution in [0.15, 0.2) is 0 Å². The molecule has 1 rings (SSSR count). The van der Waals surface area contributed by atoms with E-state index >= 15 is 0 Å². The first-order chi connectivity index (χ1) is 8.21. The highest BCUT2D eigenvalue weighted by molar-refractivity contribution is 5.76. The highest BCUT2D eigenvalue weighted by Gasteiger charge is 2.31. The van der Waals surface area contributed by atoms with E-state index < -0.39 is 0 Å². The lowest BCUT2D eigenvalue weighted by atomic mass is 9.79. The smallest absolute Gasteiger partial charge is 0.222 e. The number of nitrogens with zero attached hydrogens (tertiary/aromatic N) is 1. The summed E-state index contributed by atoms with van der Waals surface area (Å²) in [6.07, 6.45) is 4.15. The number of hydrogen-bond donors (Lipinski definition) is 1. The minimum Gasteiger partial charge on any atom is -0.378 e. The SMILES string of the molecule is CCCN(CCN)C(=O)CC1CC(OCC)C1. The van der Waals surface area contributed by atoms with Crippen molar-refractivity contribution in [1.29, 1.82) is 0 Å². The largest absolute Gasteiger partial charge is 0.378 e. The molecule has 0 aromatic heterocycles. The molecule has 1 amide bonds. The van der Waals surface area contributed by atoms with Crippen molar-refractivity contribution in [3.8, 4) is 0 Å². The second kappa shape index (κ2) is 7.67. The number of rotatable bonds is 8. The standard InChI is InChI=1S/C13H26N2O2/c1-3-6-15(7-5-14)13(16)10-11-8-12(9-11)17-4-2/h11-12H,3-10,14H2,1-2H3. The molecule has 2 N–H and O–H groups in total. The average molecular weight is 242 g/mol. The van der Waals surface area contributed by atoms with E-state index in [1.165, 1.54) is 0 Å². The normalized spacial score (nSPS) is 23.2. The summed E-state index contributed by atoms with van der Waals surface area (Å²) in [5.41, 5.74) is 5.52. The van der Waals surface area contributed by atoms with Crippen LogP contribution in [0.25, 0.3) is 0 Å². The van der Waals surface area contributed by atoms with Gasteiger partial charge in [0.25, 0.3) is 0 Å². The number of carbonyl (C=O) groups is 1. The number of amides is 1. The fourth-order valence-corrected chi connectivity index (χ4v) is 2.38. The quantitative estimate of drug-likeness (QED) is 0.700. The van der Waals surface area contributed by atoms with Crippen molar-refractivity contribution in [2.75, 3.05) is 26.2 Å². The van der Waals surface area contributed by atoms with Crippen LogP contribution < -0.4 is 5.73 Å². The van der Waals surface area contributed by atoms with Crippen LogP contribution >= 0.6 is 0 Å². The Morgan fingerprint density at radius 1 is 1.35 bits per heavy atom. The van der Waals surface area contributed by atoms with Crippen molar-refractivity contribution in [3.63, 3.8) is 0 Å². The maximum atomic E-state index is 12.0. The van der Waals surface area contributed by atoms with Gasteiger partial charge in [0, 0.05) is 32.7 Å². The van der Waals surface area contributed by atoms with Gasteiger partial charge in [-0.05, 0) is 32.1 Å². The molecule has 0 aromatic carbocycles. The molecular weight excluding hydrogens is 216 g/mol. The predicted molar refractivity (Wildman–Crippen MR) is 68.7 cm³/mol. The molecule has 0 radical (unpaired) electrons. The predicted octanol–water partition coefficient (Wildman–Crippen LogP) is 1.39. The van der Waals surface area contributed by atoms with Gasteiger partial charge in [0.2, 0.25) is 5.91 Å². The van der Waals surface area contributed by atoms with Crippen LogP contribution in [0.3, 0.4) is 0 Å². The van der Waals surface area contributed by atoms with Crippen LogP contribution in [0.4, 0.5) is 0 Å². The molecule has 4 nitrogen and oxygen atoms in total. The van der Waals surface area contributed by atoms with Crippen molar-refractivity contribution in [3.05, 3.63) is 0 Å². The maximum absolute atomic E-state index is 12.0. The Morgan fingerprint density at radius 2 is 2.06 bits per heavy atom. The highest BCUT2D eigenvalue weighted by Crippen LogP contribution is 2.33. The fourth-order valence-electron chi connectivity index (χ4n) is 2.38. The van der Waals surface area contributed by atoms with Crippen molar-refractivity contribution in [2.24, 2.45) is 11.7 Å². The molecule has 4 heteroatoms. The number of nitrogens with two attached hydrogens (primary N) is 1. The molecule has 1 fully saturated rings. The van der Waals surface area contributed by atoms with Gasteiger partial charge in [-0.25, -0.2) is 0 Å². The Kier molecular flexibility index (Phi) is 6.52. The Balaban J connectivity index is 2.23. The van der Waals surface area contributed by atoms with Gasteiger partial charge >= 0.3 is 0 Å². The first kappa shape index (κ1) is 14.5. The van der Waals surface area contributed by atoms with E-state index in [0.717, 1.165) is 32.4 Å². The third-order valence-electron chi connectivity index (χ3n) is 3.30. The van der Waals surface area contributed by atoms with Crippen LogP contribution in [0, 0.1) is 5.92 Å². The van der Waals surface area contributed by atoms with Gasteiger partial charge in [-0.15, -0.1) is 0 Å². The summed E-state index contributed by atoms with van der Waals surface area (Å²) in [7, 11) is 0. The lowest BCUT2D eigenvalue weighted by molar-refractivity contribution is -0.134. The van der Waals surface area contributed by atoms with Gasteiger partial charge in [-0.1, -0.05) is 6.92 Å². The molecular formula is C13H26N2O2. The number of hydrogen-bond acceptors (Lipinski definition) is 3. The second-order valence-electron chi connectivity index (χ2n) is 4.79. The fraction of sp³-hybridized carbons (Fsp3) is 0.923. The van der Waals surface area contributed by atoms with E-state index in [1.807, 2.05) is 11.8 Å². The summed E-state index contributed by atoms with van der Waals surface area (Å²) in [6.45, 7) is 6.96. The van der Waals surface area contributed by atoms with Crippen molar-refractivity contribution in [2.45, 2.75) is 45.6 Å². The van der Waals surface area contributed by atoms with Gasteiger partial charge in [0.1, 0.15) is 0 Å². The molecule has 1 aliphatic rings. The molecule has 1 saturated carbocycles. The summed E-state index contributed by atoms with van der Waals surface area (Å²) in [6, 6.07) is 0. The third kappa shape index (κ3) is 4.64. The maximum Gasteiger partial charge on any atom is 0.222 e.